The van der Waals surface area contributed by atoms with E-state index in [4.69, 9.17) is 0 Å². The minimum atomic E-state index is -0.691. The Balaban J connectivity index is 0.000001000. The summed E-state index contributed by atoms with van der Waals surface area (Å²) < 4.78 is 12.2. The number of rotatable bonds is 1. The number of nitro benzene ring substituents is 1. The van der Waals surface area contributed by atoms with Crippen molar-refractivity contribution >= 4 is 5.69 Å². The summed E-state index contributed by atoms with van der Waals surface area (Å²) in [6.07, 6.45) is 0. The first kappa shape index (κ1) is 10.2. The summed E-state index contributed by atoms with van der Waals surface area (Å²) in [5, 5.41) is 9.96. The zero-order chi connectivity index (χ0) is 7.56. The Labute approximate surface area is 76.0 Å². The molecule has 0 aromatic heterocycles. The van der Waals surface area contributed by atoms with Gasteiger partial charge in [-0.3, -0.25) is 10.1 Å². The molecule has 1 aromatic rings. The maximum atomic E-state index is 12.2. The van der Waals surface area contributed by atoms with E-state index in [9.17, 15) is 14.5 Å². The smallest absolute Gasteiger partial charge is 0.165 e. The number of nitro groups is 1. The molecule has 0 unspecified atom stereocenters. The summed E-state index contributed by atoms with van der Waals surface area (Å²) in [6, 6.07) is 5.37. The topological polar surface area (TPSA) is 43.1 Å². The fraction of sp³-hybridized carbons (Fsp3) is 0. The van der Waals surface area contributed by atoms with Crippen LogP contribution in [0.5, 0.6) is 0 Å². The van der Waals surface area contributed by atoms with Gasteiger partial charge in [0.1, 0.15) is 0 Å². The Morgan fingerprint density at radius 3 is 2.64 bits per heavy atom. The van der Waals surface area contributed by atoms with Crippen molar-refractivity contribution in [2.24, 2.45) is 0 Å². The number of hydrogen-bond donors (Lipinski definition) is 0. The van der Waals surface area contributed by atoms with E-state index < -0.39 is 10.7 Å². The van der Waals surface area contributed by atoms with E-state index in [-0.39, 0.29) is 26.1 Å². The number of hydrogen-bond acceptors (Lipinski definition) is 2. The van der Waals surface area contributed by atoms with Crippen LogP contribution in [0.15, 0.2) is 18.2 Å². The van der Waals surface area contributed by atoms with Crippen molar-refractivity contribution in [2.45, 2.75) is 0 Å². The molecule has 5 heteroatoms. The van der Waals surface area contributed by atoms with Gasteiger partial charge >= 0.3 is 0 Å². The van der Waals surface area contributed by atoms with Crippen molar-refractivity contribution in [3.05, 3.63) is 40.2 Å². The second-order valence-corrected chi connectivity index (χ2v) is 1.65. The second-order valence-electron chi connectivity index (χ2n) is 1.65. The van der Waals surface area contributed by atoms with Crippen molar-refractivity contribution in [3.63, 3.8) is 0 Å². The quantitative estimate of drug-likeness (QED) is 0.446. The van der Waals surface area contributed by atoms with Gasteiger partial charge in [-0.2, -0.15) is 6.07 Å². The fourth-order valence-electron chi connectivity index (χ4n) is 0.532. The van der Waals surface area contributed by atoms with Gasteiger partial charge in [-0.05, 0) is 0 Å². The van der Waals surface area contributed by atoms with E-state index in [2.05, 4.69) is 6.07 Å². The van der Waals surface area contributed by atoms with Gasteiger partial charge in [0.15, 0.2) is 5.69 Å². The Hall–Kier alpha value is -0.788. The van der Waals surface area contributed by atoms with Gasteiger partial charge in [-0.25, -0.2) is 4.39 Å². The number of halogens is 1. The summed E-state index contributed by atoms with van der Waals surface area (Å²) in [5.41, 5.74) is -0.347. The molecule has 1 radical (unpaired) electrons. The van der Waals surface area contributed by atoms with Crippen LogP contribution in [0.1, 0.15) is 0 Å². The molecule has 0 aliphatic carbocycles. The Kier molecular flexibility index (Phi) is 3.87. The molecule has 0 saturated heterocycles. The molecule has 59 valence electrons. The number of benzene rings is 1. The molecule has 0 heterocycles. The van der Waals surface area contributed by atoms with Crippen molar-refractivity contribution in [3.8, 4) is 0 Å². The van der Waals surface area contributed by atoms with Crippen LogP contribution < -0.4 is 0 Å². The molecule has 0 aliphatic heterocycles. The van der Waals surface area contributed by atoms with Crippen molar-refractivity contribution < 1.29 is 29.7 Å². The van der Waals surface area contributed by atoms with Gasteiger partial charge in [-0.15, -0.1) is 12.1 Å². The Morgan fingerprint density at radius 2 is 2.27 bits per heavy atom. The van der Waals surface area contributed by atoms with Gasteiger partial charge in [0.25, 0.3) is 0 Å². The second kappa shape index (κ2) is 4.17. The number of nitrogens with zero attached hydrogens (tertiary/aromatic N) is 1. The minimum absolute atomic E-state index is 0. The van der Waals surface area contributed by atoms with Crippen LogP contribution in [0.3, 0.4) is 0 Å². The van der Waals surface area contributed by atoms with Crippen LogP contribution in [-0.4, -0.2) is 4.92 Å². The van der Waals surface area contributed by atoms with Crippen molar-refractivity contribution in [2.75, 3.05) is 0 Å². The summed E-state index contributed by atoms with van der Waals surface area (Å²) in [5.74, 6) is -0.620. The molecule has 0 saturated carbocycles. The summed E-state index contributed by atoms with van der Waals surface area (Å²) >= 11 is 0. The average molecular weight is 326 g/mol. The molecule has 0 spiro atoms. The molecule has 0 bridgehead atoms. The monoisotopic (exact) mass is 327 g/mol. The zero-order valence-electron chi connectivity index (χ0n) is 5.25. The third-order valence-electron chi connectivity index (χ3n) is 0.945. The summed E-state index contributed by atoms with van der Waals surface area (Å²) in [6.45, 7) is 0. The average Bonchev–Trinajstić information content (AvgIpc) is 1.88. The molecule has 0 amide bonds. The van der Waals surface area contributed by atoms with E-state index in [0.717, 1.165) is 12.1 Å². The van der Waals surface area contributed by atoms with E-state index in [1.165, 1.54) is 6.07 Å². The van der Waals surface area contributed by atoms with Crippen molar-refractivity contribution in [1.82, 2.24) is 0 Å². The van der Waals surface area contributed by atoms with Gasteiger partial charge in [-0.1, -0.05) is 6.07 Å². The molecule has 1 rings (SSSR count). The van der Waals surface area contributed by atoms with Gasteiger partial charge in [0, 0.05) is 31.2 Å². The maximum absolute atomic E-state index is 12.2. The number of non-ortho nitro benzene ring substituents is 1. The third kappa shape index (κ3) is 2.75. The predicted octanol–water partition coefficient (Wildman–Crippen LogP) is 1.53. The molecule has 11 heavy (non-hydrogen) atoms. The Bertz CT molecular complexity index is 267. The SMILES string of the molecule is O=[N+]([O-])c1[c-]ccc(F)c1.[Re]. The van der Waals surface area contributed by atoms with Crippen LogP contribution in [0.2, 0.25) is 0 Å². The molecule has 0 fully saturated rings. The minimum Gasteiger partial charge on any atom is -0.260 e. The third-order valence-corrected chi connectivity index (χ3v) is 0.945. The van der Waals surface area contributed by atoms with Gasteiger partial charge < -0.3 is 0 Å². The zero-order valence-corrected chi connectivity index (χ0v) is 7.97. The van der Waals surface area contributed by atoms with Crippen molar-refractivity contribution in [1.29, 1.82) is 0 Å². The van der Waals surface area contributed by atoms with Crippen LogP contribution in [0.4, 0.5) is 10.1 Å². The summed E-state index contributed by atoms with van der Waals surface area (Å²) in [4.78, 5) is 9.27. The normalized spacial score (nSPS) is 8.45. The van der Waals surface area contributed by atoms with E-state index in [1.54, 1.807) is 0 Å². The molecule has 1 aromatic carbocycles. The van der Waals surface area contributed by atoms with Gasteiger partial charge in [0.05, 0.1) is 0 Å². The van der Waals surface area contributed by atoms with E-state index in [0.29, 0.717) is 0 Å². The molecular formula is C6H3FNO2Re-. The summed E-state index contributed by atoms with van der Waals surface area (Å²) in [7, 11) is 0. The Morgan fingerprint density at radius 1 is 1.64 bits per heavy atom. The molecule has 3 nitrogen and oxygen atoms in total. The first-order valence-electron chi connectivity index (χ1n) is 2.52. The molecular weight excluding hydrogens is 323 g/mol. The first-order chi connectivity index (χ1) is 4.70. The first-order valence-corrected chi connectivity index (χ1v) is 2.52. The van der Waals surface area contributed by atoms with Crippen LogP contribution in [0, 0.1) is 22.0 Å². The van der Waals surface area contributed by atoms with Crippen LogP contribution in [-0.2, 0) is 20.4 Å². The van der Waals surface area contributed by atoms with Crippen LogP contribution in [0.25, 0.3) is 0 Å². The molecule has 0 aliphatic rings. The predicted molar refractivity (Wildman–Crippen MR) is 31.9 cm³/mol. The van der Waals surface area contributed by atoms with Crippen LogP contribution >= 0.6 is 0 Å². The maximum Gasteiger partial charge on any atom is 0.165 e. The van der Waals surface area contributed by atoms with E-state index >= 15 is 0 Å². The van der Waals surface area contributed by atoms with E-state index in [1.807, 2.05) is 0 Å². The standard InChI is InChI=1S/C6H3FNO2.Re/c7-5-2-1-3-6(4-5)8(9)10;/h1-2,4H;/q-1;. The fourth-order valence-corrected chi connectivity index (χ4v) is 0.532. The molecule has 0 N–H and O–H groups in total. The molecule has 0 atom stereocenters. The largest absolute Gasteiger partial charge is 0.260 e. The van der Waals surface area contributed by atoms with Gasteiger partial charge in [0.2, 0.25) is 0 Å².